The highest BCUT2D eigenvalue weighted by molar-refractivity contribution is 5.81. The van der Waals surface area contributed by atoms with E-state index in [4.69, 9.17) is 4.74 Å². The lowest BCUT2D eigenvalue weighted by Crippen LogP contribution is -2.67. The highest BCUT2D eigenvalue weighted by atomic mass is 16.5. The second-order valence-corrected chi connectivity index (χ2v) is 15.7. The second kappa shape index (κ2) is 7.85. The van der Waals surface area contributed by atoms with Gasteiger partial charge >= 0.3 is 11.9 Å². The topological polar surface area (TPSA) is 63.6 Å². The summed E-state index contributed by atoms with van der Waals surface area (Å²) in [5.41, 5.74) is 0.732. The minimum Gasteiger partial charge on any atom is -0.481 e. The Bertz CT molecular complexity index is 992. The van der Waals surface area contributed by atoms with Crippen LogP contribution in [0.3, 0.4) is 0 Å². The van der Waals surface area contributed by atoms with Crippen LogP contribution in [0.15, 0.2) is 11.6 Å². The molecule has 0 aromatic heterocycles. The molecule has 0 aromatic rings. The average Bonchev–Trinajstić information content (AvgIpc) is 2.75. The smallest absolute Gasteiger partial charge is 0.314 e. The zero-order valence-corrected chi connectivity index (χ0v) is 24.1. The van der Waals surface area contributed by atoms with Gasteiger partial charge in [-0.3, -0.25) is 9.59 Å². The van der Waals surface area contributed by atoms with E-state index < -0.39 is 11.4 Å². The van der Waals surface area contributed by atoms with Crippen LogP contribution in [0.2, 0.25) is 0 Å². The standard InChI is InChI=1S/C32H50O4/c1-20(33)36-25-12-13-30(7)23(28(25,4)5)11-14-31(8)24(30)10-9-21-22-19-27(2,3)15-16-29(22,6)17-18-32(21,31)26(34)35/h9,22-25H,10-19H2,1-8H3,(H,34,35)/t22-,23-,24+,25-,29+,30-,31+,32+/m0/s1. The minimum absolute atomic E-state index is 0.0458. The van der Waals surface area contributed by atoms with Crippen molar-refractivity contribution in [3.63, 3.8) is 0 Å². The highest BCUT2D eigenvalue weighted by Gasteiger charge is 2.71. The van der Waals surface area contributed by atoms with Crippen LogP contribution >= 0.6 is 0 Å². The Labute approximate surface area is 219 Å². The van der Waals surface area contributed by atoms with Crippen molar-refractivity contribution >= 4 is 11.9 Å². The number of fused-ring (bicyclic) bond motifs is 7. The maximum absolute atomic E-state index is 13.6. The van der Waals surface area contributed by atoms with Gasteiger partial charge in [-0.05, 0) is 104 Å². The van der Waals surface area contributed by atoms with Gasteiger partial charge in [0.2, 0.25) is 0 Å². The fourth-order valence-corrected chi connectivity index (χ4v) is 11.0. The van der Waals surface area contributed by atoms with E-state index in [1.165, 1.54) is 25.3 Å². The maximum atomic E-state index is 13.6. The molecule has 4 nitrogen and oxygen atoms in total. The zero-order valence-electron chi connectivity index (χ0n) is 24.1. The third-order valence-corrected chi connectivity index (χ3v) is 13.1. The summed E-state index contributed by atoms with van der Waals surface area (Å²) in [7, 11) is 0. The summed E-state index contributed by atoms with van der Waals surface area (Å²) in [6, 6.07) is 0. The number of carboxylic acids is 1. The third kappa shape index (κ3) is 3.30. The predicted octanol–water partition coefficient (Wildman–Crippen LogP) is 7.80. The predicted molar refractivity (Wildman–Crippen MR) is 142 cm³/mol. The Morgan fingerprint density at radius 3 is 2.19 bits per heavy atom. The molecule has 1 N–H and O–H groups in total. The number of rotatable bonds is 2. The molecule has 0 saturated heterocycles. The lowest BCUT2D eigenvalue weighted by Gasteiger charge is -2.70. The third-order valence-electron chi connectivity index (χ3n) is 13.1. The van der Waals surface area contributed by atoms with Gasteiger partial charge in [-0.2, -0.15) is 0 Å². The first-order valence-corrected chi connectivity index (χ1v) is 14.6. The molecule has 0 amide bonds. The molecule has 0 aromatic carbocycles. The molecule has 202 valence electrons. The number of ether oxygens (including phenoxy) is 1. The van der Waals surface area contributed by atoms with E-state index in [2.05, 4.69) is 54.5 Å². The first-order valence-electron chi connectivity index (χ1n) is 14.6. The fourth-order valence-electron chi connectivity index (χ4n) is 11.0. The Morgan fingerprint density at radius 1 is 0.889 bits per heavy atom. The van der Waals surface area contributed by atoms with Gasteiger partial charge in [-0.1, -0.05) is 60.1 Å². The molecule has 4 heteroatoms. The van der Waals surface area contributed by atoms with Gasteiger partial charge in [-0.15, -0.1) is 0 Å². The molecule has 8 atom stereocenters. The monoisotopic (exact) mass is 498 g/mol. The van der Waals surface area contributed by atoms with Crippen molar-refractivity contribution < 1.29 is 19.4 Å². The van der Waals surface area contributed by atoms with Gasteiger partial charge in [0.1, 0.15) is 6.10 Å². The van der Waals surface area contributed by atoms with Crippen molar-refractivity contribution in [2.75, 3.05) is 0 Å². The van der Waals surface area contributed by atoms with Crippen LogP contribution in [-0.4, -0.2) is 23.1 Å². The highest BCUT2D eigenvalue weighted by Crippen LogP contribution is 2.76. The van der Waals surface area contributed by atoms with Crippen molar-refractivity contribution in [1.29, 1.82) is 0 Å². The second-order valence-electron chi connectivity index (χ2n) is 15.7. The molecular formula is C32H50O4. The molecule has 5 rings (SSSR count). The van der Waals surface area contributed by atoms with Crippen LogP contribution in [0.25, 0.3) is 0 Å². The van der Waals surface area contributed by atoms with E-state index >= 15 is 0 Å². The van der Waals surface area contributed by atoms with Crippen molar-refractivity contribution in [3.05, 3.63) is 11.6 Å². The summed E-state index contributed by atoms with van der Waals surface area (Å²) in [5.74, 6) is 0.381. The van der Waals surface area contributed by atoms with E-state index in [1.807, 2.05) is 0 Å². The molecule has 0 spiro atoms. The number of aliphatic carboxylic acids is 1. The van der Waals surface area contributed by atoms with Crippen LogP contribution in [-0.2, 0) is 14.3 Å². The lowest BCUT2D eigenvalue weighted by atomic mass is 9.33. The maximum Gasteiger partial charge on any atom is 0.314 e. The molecule has 5 aliphatic rings. The van der Waals surface area contributed by atoms with Crippen LogP contribution < -0.4 is 0 Å². The summed E-state index contributed by atoms with van der Waals surface area (Å²) in [5, 5.41) is 11.2. The Kier molecular flexibility index (Phi) is 5.74. The minimum atomic E-state index is -0.752. The fraction of sp³-hybridized carbons (Fsp3) is 0.875. The molecule has 0 bridgehead atoms. The van der Waals surface area contributed by atoms with Crippen molar-refractivity contribution in [3.8, 4) is 0 Å². The van der Waals surface area contributed by atoms with Gasteiger partial charge in [0.25, 0.3) is 0 Å². The zero-order chi connectivity index (χ0) is 26.5. The van der Waals surface area contributed by atoms with E-state index in [0.717, 1.165) is 51.4 Å². The molecule has 0 aliphatic heterocycles. The summed E-state index contributed by atoms with van der Waals surface area (Å²) in [6.07, 6.45) is 12.6. The van der Waals surface area contributed by atoms with Crippen molar-refractivity contribution in [1.82, 2.24) is 0 Å². The summed E-state index contributed by atoms with van der Waals surface area (Å²) < 4.78 is 5.85. The quantitative estimate of drug-likeness (QED) is 0.311. The van der Waals surface area contributed by atoms with Crippen LogP contribution in [0.5, 0.6) is 0 Å². The Morgan fingerprint density at radius 2 is 1.56 bits per heavy atom. The van der Waals surface area contributed by atoms with Crippen molar-refractivity contribution in [2.45, 2.75) is 126 Å². The van der Waals surface area contributed by atoms with Crippen molar-refractivity contribution in [2.24, 2.45) is 50.2 Å². The number of allylic oxidation sites excluding steroid dienone is 1. The number of carbonyl (C=O) groups is 2. The van der Waals surface area contributed by atoms with Crippen LogP contribution in [0.4, 0.5) is 0 Å². The molecule has 5 aliphatic carbocycles. The average molecular weight is 499 g/mol. The van der Waals surface area contributed by atoms with Gasteiger partial charge in [0, 0.05) is 12.3 Å². The van der Waals surface area contributed by atoms with E-state index in [9.17, 15) is 14.7 Å². The first-order chi connectivity index (χ1) is 16.5. The van der Waals surface area contributed by atoms with Gasteiger partial charge in [-0.25, -0.2) is 0 Å². The van der Waals surface area contributed by atoms with E-state index in [0.29, 0.717) is 17.8 Å². The normalized spacial score (nSPS) is 48.8. The molecule has 4 saturated carbocycles. The first kappa shape index (κ1) is 26.3. The number of esters is 1. The van der Waals surface area contributed by atoms with Gasteiger partial charge < -0.3 is 9.84 Å². The van der Waals surface area contributed by atoms with Gasteiger partial charge in [0.15, 0.2) is 0 Å². The van der Waals surface area contributed by atoms with E-state index in [1.54, 1.807) is 0 Å². The van der Waals surface area contributed by atoms with E-state index in [-0.39, 0.29) is 39.1 Å². The molecule has 0 heterocycles. The SMILES string of the molecule is CC(=O)O[C@H]1CC[C@]2(C)[C@H]3CC=C4[C@@H]5CC(C)(C)CC[C@]5(C)CC[C@@]4(C(=O)O)[C@]3(C)CC[C@H]2C1(C)C. The van der Waals surface area contributed by atoms with Crippen LogP contribution in [0, 0.1) is 50.2 Å². The molecule has 36 heavy (non-hydrogen) atoms. The molecule has 0 radical (unpaired) electrons. The number of hydrogen-bond donors (Lipinski definition) is 1. The Hall–Kier alpha value is -1.32. The van der Waals surface area contributed by atoms with Gasteiger partial charge in [0.05, 0.1) is 5.41 Å². The molecule has 0 unspecified atom stereocenters. The number of hydrogen-bond acceptors (Lipinski definition) is 3. The van der Waals surface area contributed by atoms with Crippen LogP contribution in [0.1, 0.15) is 120 Å². The lowest BCUT2D eigenvalue weighted by molar-refractivity contribution is -0.219. The molecule has 4 fully saturated rings. The Balaban J connectivity index is 1.59. The molecular weight excluding hydrogens is 448 g/mol. The summed E-state index contributed by atoms with van der Waals surface area (Å²) >= 11 is 0. The number of carboxylic acid groups (broad SMARTS) is 1. The summed E-state index contributed by atoms with van der Waals surface area (Å²) in [4.78, 5) is 25.5. The number of carbonyl (C=O) groups excluding carboxylic acids is 1. The summed E-state index contributed by atoms with van der Waals surface area (Å²) in [6.45, 7) is 18.1. The largest absolute Gasteiger partial charge is 0.481 e.